The van der Waals surface area contributed by atoms with Gasteiger partial charge in [-0.25, -0.2) is 19.0 Å². The van der Waals surface area contributed by atoms with E-state index in [1.165, 1.54) is 45.8 Å². The largest absolute Gasteiger partial charge is 0.478 e. The van der Waals surface area contributed by atoms with Crippen LogP contribution in [0.3, 0.4) is 0 Å². The standard InChI is InChI=1S/C33H26N4O7/c1-18-27(30(38)36(34-18)23-12-6-10-21(16-23)32(40)41)29(26-15-14-25(44-26)20-8-4-3-5-9-20)28-19(2)35-37(31(28)39)24-13-7-11-22(17-24)33(42)43/h3-17,29,34-35H,1-2H3,(H,40,41)(H,42,43). The average Bonchev–Trinajstić information content (AvgIpc) is 3.71. The molecule has 6 aromatic rings. The van der Waals surface area contributed by atoms with Crippen molar-refractivity contribution in [1.82, 2.24) is 19.6 Å². The third kappa shape index (κ3) is 4.86. The van der Waals surface area contributed by atoms with E-state index < -0.39 is 29.0 Å². The minimum absolute atomic E-state index is 0.00578. The number of carboxylic acid groups (broad SMARTS) is 2. The van der Waals surface area contributed by atoms with Gasteiger partial charge in [-0.15, -0.1) is 0 Å². The van der Waals surface area contributed by atoms with Gasteiger partial charge in [-0.05, 0) is 62.4 Å². The topological polar surface area (TPSA) is 163 Å². The first-order valence-corrected chi connectivity index (χ1v) is 13.6. The third-order valence-corrected chi connectivity index (χ3v) is 7.48. The molecule has 6 rings (SSSR count). The smallest absolute Gasteiger partial charge is 0.335 e. The van der Waals surface area contributed by atoms with Gasteiger partial charge in [0.1, 0.15) is 11.5 Å². The molecule has 0 bridgehead atoms. The van der Waals surface area contributed by atoms with Crippen LogP contribution in [0.2, 0.25) is 0 Å². The minimum atomic E-state index is -1.14. The van der Waals surface area contributed by atoms with Gasteiger partial charge < -0.3 is 14.6 Å². The van der Waals surface area contributed by atoms with Crippen LogP contribution in [-0.2, 0) is 0 Å². The zero-order valence-electron chi connectivity index (χ0n) is 23.6. The highest BCUT2D eigenvalue weighted by molar-refractivity contribution is 5.88. The molecule has 0 amide bonds. The summed E-state index contributed by atoms with van der Waals surface area (Å²) < 4.78 is 8.79. The number of aromatic carboxylic acids is 2. The number of benzene rings is 3. The highest BCUT2D eigenvalue weighted by atomic mass is 16.4. The Hall–Kier alpha value is -6.10. The molecule has 11 nitrogen and oxygen atoms in total. The average molecular weight is 591 g/mol. The summed E-state index contributed by atoms with van der Waals surface area (Å²) in [5.41, 5.74) is 1.78. The lowest BCUT2D eigenvalue weighted by atomic mass is 9.89. The van der Waals surface area contributed by atoms with Crippen molar-refractivity contribution in [3.05, 3.63) is 151 Å². The van der Waals surface area contributed by atoms with Crippen molar-refractivity contribution in [2.45, 2.75) is 19.8 Å². The number of hydrogen-bond acceptors (Lipinski definition) is 5. The van der Waals surface area contributed by atoms with E-state index in [4.69, 9.17) is 4.42 Å². The Balaban J connectivity index is 1.57. The van der Waals surface area contributed by atoms with E-state index in [0.717, 1.165) is 5.56 Å². The molecule has 220 valence electrons. The first-order valence-electron chi connectivity index (χ1n) is 13.6. The number of hydrogen-bond donors (Lipinski definition) is 4. The Kier molecular flexibility index (Phi) is 6.98. The maximum absolute atomic E-state index is 14.1. The minimum Gasteiger partial charge on any atom is -0.478 e. The van der Waals surface area contributed by atoms with Crippen LogP contribution < -0.4 is 11.1 Å². The molecule has 0 aliphatic rings. The molecule has 44 heavy (non-hydrogen) atoms. The van der Waals surface area contributed by atoms with Crippen molar-refractivity contribution in [2.24, 2.45) is 0 Å². The summed E-state index contributed by atoms with van der Waals surface area (Å²) >= 11 is 0. The second kappa shape index (κ2) is 11.0. The number of aromatic nitrogens is 4. The fourth-order valence-corrected chi connectivity index (χ4v) is 5.41. The summed E-state index contributed by atoms with van der Waals surface area (Å²) in [7, 11) is 0. The monoisotopic (exact) mass is 590 g/mol. The van der Waals surface area contributed by atoms with Gasteiger partial charge in [0.15, 0.2) is 0 Å². The van der Waals surface area contributed by atoms with Gasteiger partial charge in [0, 0.05) is 17.0 Å². The van der Waals surface area contributed by atoms with Crippen LogP contribution in [0.4, 0.5) is 0 Å². The Morgan fingerprint density at radius 3 is 1.66 bits per heavy atom. The van der Waals surface area contributed by atoms with E-state index in [1.54, 1.807) is 38.1 Å². The normalized spacial score (nSPS) is 11.2. The van der Waals surface area contributed by atoms with E-state index in [0.29, 0.717) is 34.3 Å². The number of aromatic amines is 2. The number of H-pyrrole nitrogens is 2. The molecule has 0 aliphatic heterocycles. The summed E-state index contributed by atoms with van der Waals surface area (Å²) in [6.07, 6.45) is 0. The summed E-state index contributed by atoms with van der Waals surface area (Å²) in [6.45, 7) is 3.39. The molecule has 3 aromatic heterocycles. The molecule has 0 aliphatic carbocycles. The van der Waals surface area contributed by atoms with E-state index >= 15 is 0 Å². The van der Waals surface area contributed by atoms with Crippen molar-refractivity contribution in [1.29, 1.82) is 0 Å². The lowest BCUT2D eigenvalue weighted by molar-refractivity contribution is 0.0686. The van der Waals surface area contributed by atoms with Crippen molar-refractivity contribution >= 4 is 11.9 Å². The Bertz CT molecular complexity index is 2050. The predicted molar refractivity (Wildman–Crippen MR) is 161 cm³/mol. The van der Waals surface area contributed by atoms with Gasteiger partial charge >= 0.3 is 11.9 Å². The number of aryl methyl sites for hydroxylation is 2. The molecule has 0 radical (unpaired) electrons. The highest BCUT2D eigenvalue weighted by Gasteiger charge is 2.33. The third-order valence-electron chi connectivity index (χ3n) is 7.48. The van der Waals surface area contributed by atoms with Crippen molar-refractivity contribution < 1.29 is 24.2 Å². The van der Waals surface area contributed by atoms with Gasteiger partial charge in [0.05, 0.1) is 39.5 Å². The second-order valence-corrected chi connectivity index (χ2v) is 10.3. The zero-order chi connectivity index (χ0) is 31.1. The number of nitrogens with one attached hydrogen (secondary N) is 2. The van der Waals surface area contributed by atoms with E-state index in [-0.39, 0.29) is 22.3 Å². The summed E-state index contributed by atoms with van der Waals surface area (Å²) in [5.74, 6) is -2.38. The lowest BCUT2D eigenvalue weighted by Crippen LogP contribution is -2.25. The Labute approximate surface area is 249 Å². The van der Waals surface area contributed by atoms with Crippen LogP contribution in [0.5, 0.6) is 0 Å². The second-order valence-electron chi connectivity index (χ2n) is 10.3. The SMILES string of the molecule is Cc1[nH]n(-c2cccc(C(=O)O)c2)c(=O)c1C(c1ccc(-c2ccccc2)o1)c1c(C)[nH]n(-c2cccc(C(=O)O)c2)c1=O. The van der Waals surface area contributed by atoms with E-state index in [9.17, 15) is 29.4 Å². The molecule has 11 heteroatoms. The summed E-state index contributed by atoms with van der Waals surface area (Å²) in [4.78, 5) is 51.4. The van der Waals surface area contributed by atoms with Crippen LogP contribution in [0.25, 0.3) is 22.7 Å². The van der Waals surface area contributed by atoms with Crippen LogP contribution >= 0.6 is 0 Å². The molecular weight excluding hydrogens is 564 g/mol. The molecule has 4 N–H and O–H groups in total. The molecule has 0 atom stereocenters. The molecule has 3 heterocycles. The highest BCUT2D eigenvalue weighted by Crippen LogP contribution is 2.35. The number of carbonyl (C=O) groups is 2. The van der Waals surface area contributed by atoms with Gasteiger partial charge in [0.2, 0.25) is 0 Å². The van der Waals surface area contributed by atoms with Crippen molar-refractivity contribution in [2.75, 3.05) is 0 Å². The van der Waals surface area contributed by atoms with Crippen LogP contribution in [-0.4, -0.2) is 41.7 Å². The summed E-state index contributed by atoms with van der Waals surface area (Å²) in [5, 5.41) is 25.1. The van der Waals surface area contributed by atoms with Gasteiger partial charge in [-0.1, -0.05) is 42.5 Å². The van der Waals surface area contributed by atoms with E-state index in [1.807, 2.05) is 30.3 Å². The molecule has 0 spiro atoms. The molecule has 0 unspecified atom stereocenters. The molecule has 0 saturated heterocycles. The number of rotatable bonds is 8. The lowest BCUT2D eigenvalue weighted by Gasteiger charge is -2.13. The van der Waals surface area contributed by atoms with Gasteiger partial charge in [0.25, 0.3) is 11.1 Å². The zero-order valence-corrected chi connectivity index (χ0v) is 23.6. The van der Waals surface area contributed by atoms with Gasteiger partial charge in [-0.2, -0.15) is 0 Å². The molecule has 3 aromatic carbocycles. The Morgan fingerprint density at radius 1 is 0.682 bits per heavy atom. The van der Waals surface area contributed by atoms with Crippen molar-refractivity contribution in [3.63, 3.8) is 0 Å². The van der Waals surface area contributed by atoms with Crippen LogP contribution in [0.1, 0.15) is 54.9 Å². The van der Waals surface area contributed by atoms with Crippen LogP contribution in [0.15, 0.2) is 105 Å². The fraction of sp³-hybridized carbons (Fsp3) is 0.0909. The Morgan fingerprint density at radius 2 is 1.18 bits per heavy atom. The number of furan rings is 1. The quantitative estimate of drug-likeness (QED) is 0.192. The first-order chi connectivity index (χ1) is 21.1. The first kappa shape index (κ1) is 28.0. The fourth-order valence-electron chi connectivity index (χ4n) is 5.41. The van der Waals surface area contributed by atoms with E-state index in [2.05, 4.69) is 10.2 Å². The van der Waals surface area contributed by atoms with Crippen LogP contribution in [0, 0.1) is 13.8 Å². The number of carboxylic acids is 2. The molecule has 0 saturated carbocycles. The predicted octanol–water partition coefficient (Wildman–Crippen LogP) is 5.10. The maximum atomic E-state index is 14.1. The maximum Gasteiger partial charge on any atom is 0.335 e. The summed E-state index contributed by atoms with van der Waals surface area (Å²) in [6, 6.07) is 24.8. The van der Waals surface area contributed by atoms with Crippen molar-refractivity contribution in [3.8, 4) is 22.7 Å². The molecule has 0 fully saturated rings. The number of nitrogens with zero attached hydrogens (tertiary/aromatic N) is 2. The molecular formula is C33H26N4O7. The van der Waals surface area contributed by atoms with Gasteiger partial charge in [-0.3, -0.25) is 19.8 Å².